The predicted octanol–water partition coefficient (Wildman–Crippen LogP) is 2.16. The molecule has 5 rings (SSSR count). The average Bonchev–Trinajstić information content (AvgIpc) is 3.66. The van der Waals surface area contributed by atoms with Gasteiger partial charge in [-0.25, -0.2) is 13.8 Å². The number of hydrogen-bond donors (Lipinski definition) is 2. The highest BCUT2D eigenvalue weighted by molar-refractivity contribution is 5.92. The van der Waals surface area contributed by atoms with E-state index in [2.05, 4.69) is 25.2 Å². The van der Waals surface area contributed by atoms with Crippen LogP contribution in [0.2, 0.25) is 0 Å². The highest BCUT2D eigenvalue weighted by atomic mass is 19.1. The highest BCUT2D eigenvalue weighted by Crippen LogP contribution is 2.38. The number of carbonyl (C=O) groups is 1. The van der Waals surface area contributed by atoms with Crippen LogP contribution in [0.1, 0.15) is 40.4 Å². The number of carbonyl (C=O) groups excluding carboxylic acids is 1. The molecule has 0 unspecified atom stereocenters. The van der Waals surface area contributed by atoms with Gasteiger partial charge in [-0.2, -0.15) is 0 Å². The van der Waals surface area contributed by atoms with Gasteiger partial charge in [0.2, 0.25) is 0 Å². The van der Waals surface area contributed by atoms with E-state index in [1.54, 1.807) is 6.07 Å². The Balaban J connectivity index is 1.27. The number of piperazine rings is 1. The zero-order chi connectivity index (χ0) is 23.1. The third-order valence-corrected chi connectivity index (χ3v) is 6.33. The molecule has 172 valence electrons. The van der Waals surface area contributed by atoms with Crippen LogP contribution in [0, 0.1) is 11.6 Å². The molecule has 10 heteroatoms. The van der Waals surface area contributed by atoms with E-state index >= 15 is 4.39 Å². The van der Waals surface area contributed by atoms with Crippen LogP contribution in [0.15, 0.2) is 29.3 Å². The number of rotatable bonds is 5. The molecule has 3 aromatic heterocycles. The summed E-state index contributed by atoms with van der Waals surface area (Å²) in [7, 11) is 1.42. The van der Waals surface area contributed by atoms with Crippen LogP contribution in [0.4, 0.5) is 14.5 Å². The number of halogens is 2. The van der Waals surface area contributed by atoms with Crippen molar-refractivity contribution in [3.63, 3.8) is 0 Å². The Kier molecular flexibility index (Phi) is 5.53. The fraction of sp³-hybridized carbons (Fsp3) is 0.391. The lowest BCUT2D eigenvalue weighted by atomic mass is 10.1. The number of fused-ring (bicyclic) bond motifs is 1. The van der Waals surface area contributed by atoms with Crippen molar-refractivity contribution >= 4 is 22.6 Å². The Morgan fingerprint density at radius 3 is 2.58 bits per heavy atom. The molecule has 0 atom stereocenters. The topological polar surface area (TPSA) is 94.2 Å². The molecule has 1 amide bonds. The van der Waals surface area contributed by atoms with E-state index in [1.807, 2.05) is 4.90 Å². The number of H-pyrrole nitrogens is 1. The Morgan fingerprint density at radius 2 is 1.91 bits per heavy atom. The van der Waals surface area contributed by atoms with Gasteiger partial charge in [-0.05, 0) is 24.8 Å². The maximum absolute atomic E-state index is 15.1. The molecule has 2 fully saturated rings. The lowest BCUT2D eigenvalue weighted by Crippen LogP contribution is -2.46. The van der Waals surface area contributed by atoms with E-state index in [1.165, 1.54) is 25.5 Å². The summed E-state index contributed by atoms with van der Waals surface area (Å²) < 4.78 is 29.4. The number of nitrogens with zero attached hydrogens (tertiary/aromatic N) is 4. The third-order valence-electron chi connectivity index (χ3n) is 6.33. The van der Waals surface area contributed by atoms with Crippen LogP contribution < -0.4 is 15.8 Å². The number of nitrogens with one attached hydrogen (secondary N) is 2. The van der Waals surface area contributed by atoms with Gasteiger partial charge >= 0.3 is 0 Å². The third kappa shape index (κ3) is 4.18. The fourth-order valence-corrected chi connectivity index (χ4v) is 4.27. The number of hydrogen-bond acceptors (Lipinski definition) is 6. The number of pyridine rings is 3. The van der Waals surface area contributed by atoms with Gasteiger partial charge in [-0.15, -0.1) is 0 Å². The molecule has 0 aromatic carbocycles. The van der Waals surface area contributed by atoms with Crippen LogP contribution in [-0.2, 0) is 6.54 Å². The normalized spacial score (nSPS) is 16.9. The molecule has 3 aromatic rings. The number of aromatic amines is 1. The largest absolute Gasteiger partial charge is 0.368 e. The van der Waals surface area contributed by atoms with Gasteiger partial charge in [0.15, 0.2) is 17.3 Å². The number of anilines is 1. The van der Waals surface area contributed by atoms with Crippen molar-refractivity contribution in [1.82, 2.24) is 25.2 Å². The lowest BCUT2D eigenvalue weighted by molar-refractivity contribution is 0.0953. The van der Waals surface area contributed by atoms with Crippen molar-refractivity contribution in [2.24, 2.45) is 0 Å². The lowest BCUT2D eigenvalue weighted by Gasteiger charge is -2.36. The summed E-state index contributed by atoms with van der Waals surface area (Å²) in [5.74, 6) is -1.42. The maximum atomic E-state index is 15.1. The van der Waals surface area contributed by atoms with Crippen molar-refractivity contribution in [3.05, 3.63) is 63.3 Å². The van der Waals surface area contributed by atoms with Gasteiger partial charge in [0.25, 0.3) is 11.5 Å². The van der Waals surface area contributed by atoms with E-state index in [0.29, 0.717) is 55.1 Å². The molecule has 1 aliphatic carbocycles. The second-order valence-corrected chi connectivity index (χ2v) is 8.55. The quantitative estimate of drug-likeness (QED) is 0.614. The minimum Gasteiger partial charge on any atom is -0.368 e. The standard InChI is InChI=1S/C23H24F2N6O2/c1-26-23(33)20-17(24)8-15(11-28-20)31-6-4-30(5-7-31)12-14-10-27-18-9-16(13-2-3-13)22(32)29-21(18)19(14)25/h8-11,13H,2-7,12H2,1H3,(H,26,33)(H,29,32). The summed E-state index contributed by atoms with van der Waals surface area (Å²) in [6, 6.07) is 3.02. The minimum atomic E-state index is -0.669. The van der Waals surface area contributed by atoms with E-state index < -0.39 is 17.5 Å². The molecule has 0 radical (unpaired) electrons. The summed E-state index contributed by atoms with van der Waals surface area (Å²) in [6.07, 6.45) is 5.00. The van der Waals surface area contributed by atoms with Gasteiger partial charge < -0.3 is 15.2 Å². The zero-order valence-electron chi connectivity index (χ0n) is 18.2. The summed E-state index contributed by atoms with van der Waals surface area (Å²) in [5.41, 5.74) is 1.86. The maximum Gasteiger partial charge on any atom is 0.272 e. The van der Waals surface area contributed by atoms with Gasteiger partial charge in [0.1, 0.15) is 5.52 Å². The van der Waals surface area contributed by atoms with E-state index in [9.17, 15) is 14.0 Å². The number of amides is 1. The summed E-state index contributed by atoms with van der Waals surface area (Å²) in [6.45, 7) is 2.83. The molecular formula is C23H24F2N6O2. The molecule has 2 N–H and O–H groups in total. The van der Waals surface area contributed by atoms with Gasteiger partial charge in [-0.1, -0.05) is 0 Å². The smallest absolute Gasteiger partial charge is 0.272 e. The van der Waals surface area contributed by atoms with Gasteiger partial charge in [0, 0.05) is 63.2 Å². The Labute approximate surface area is 188 Å². The molecule has 33 heavy (non-hydrogen) atoms. The van der Waals surface area contributed by atoms with Crippen molar-refractivity contribution in [2.45, 2.75) is 25.3 Å². The van der Waals surface area contributed by atoms with Gasteiger partial charge in [0.05, 0.1) is 17.4 Å². The second-order valence-electron chi connectivity index (χ2n) is 8.55. The molecular weight excluding hydrogens is 430 g/mol. The summed E-state index contributed by atoms with van der Waals surface area (Å²) in [4.78, 5) is 39.0. The predicted molar refractivity (Wildman–Crippen MR) is 119 cm³/mol. The van der Waals surface area contributed by atoms with Crippen molar-refractivity contribution in [3.8, 4) is 0 Å². The van der Waals surface area contributed by atoms with Crippen LogP contribution in [-0.4, -0.2) is 59.0 Å². The monoisotopic (exact) mass is 454 g/mol. The molecule has 1 saturated carbocycles. The molecule has 1 saturated heterocycles. The molecule has 1 aliphatic heterocycles. The molecule has 0 spiro atoms. The molecule has 2 aliphatic rings. The summed E-state index contributed by atoms with van der Waals surface area (Å²) >= 11 is 0. The average molecular weight is 454 g/mol. The first kappa shape index (κ1) is 21.4. The first-order valence-electron chi connectivity index (χ1n) is 11.0. The first-order chi connectivity index (χ1) is 15.9. The highest BCUT2D eigenvalue weighted by Gasteiger charge is 2.27. The van der Waals surface area contributed by atoms with Crippen molar-refractivity contribution in [2.75, 3.05) is 38.1 Å². The Morgan fingerprint density at radius 1 is 1.15 bits per heavy atom. The zero-order valence-corrected chi connectivity index (χ0v) is 18.2. The minimum absolute atomic E-state index is 0.151. The molecule has 8 nitrogen and oxygen atoms in total. The van der Waals surface area contributed by atoms with E-state index in [-0.39, 0.29) is 22.7 Å². The fourth-order valence-electron chi connectivity index (χ4n) is 4.27. The number of aromatic nitrogens is 3. The second kappa shape index (κ2) is 8.51. The van der Waals surface area contributed by atoms with Crippen molar-refractivity contribution in [1.29, 1.82) is 0 Å². The van der Waals surface area contributed by atoms with Crippen molar-refractivity contribution < 1.29 is 13.6 Å². The van der Waals surface area contributed by atoms with Crippen LogP contribution in [0.25, 0.3) is 11.0 Å². The first-order valence-corrected chi connectivity index (χ1v) is 11.0. The Hall–Kier alpha value is -3.40. The van der Waals surface area contributed by atoms with Crippen LogP contribution >= 0.6 is 0 Å². The SMILES string of the molecule is CNC(=O)c1ncc(N2CCN(Cc3cnc4cc(C5CC5)c(=O)[nH]c4c3F)CC2)cc1F. The molecule has 0 bridgehead atoms. The molecule has 4 heterocycles. The van der Waals surface area contributed by atoms with Gasteiger partial charge in [-0.3, -0.25) is 19.5 Å². The van der Waals surface area contributed by atoms with E-state index in [4.69, 9.17) is 0 Å². The Bertz CT molecular complexity index is 1280. The van der Waals surface area contributed by atoms with Crippen LogP contribution in [0.3, 0.4) is 0 Å². The van der Waals surface area contributed by atoms with Crippen LogP contribution in [0.5, 0.6) is 0 Å². The summed E-state index contributed by atoms with van der Waals surface area (Å²) in [5, 5.41) is 2.36. The van der Waals surface area contributed by atoms with E-state index in [0.717, 1.165) is 12.8 Å².